The highest BCUT2D eigenvalue weighted by molar-refractivity contribution is 9.10. The third-order valence-corrected chi connectivity index (χ3v) is 4.16. The maximum absolute atomic E-state index is 9.39. The molecule has 16 heavy (non-hydrogen) atoms. The van der Waals surface area contributed by atoms with Gasteiger partial charge in [-0.25, -0.2) is 0 Å². The van der Waals surface area contributed by atoms with Crippen molar-refractivity contribution in [3.63, 3.8) is 0 Å². The molecule has 0 fully saturated rings. The lowest BCUT2D eigenvalue weighted by Crippen LogP contribution is -2.27. The van der Waals surface area contributed by atoms with E-state index in [1.165, 1.54) is 0 Å². The molecule has 2 N–H and O–H groups in total. The second-order valence-electron chi connectivity index (χ2n) is 3.72. The van der Waals surface area contributed by atoms with Crippen LogP contribution in [0.4, 0.5) is 0 Å². The number of phenols is 1. The van der Waals surface area contributed by atoms with Crippen molar-refractivity contribution in [2.24, 2.45) is 0 Å². The Kier molecular flexibility index (Phi) is 6.24. The highest BCUT2D eigenvalue weighted by Gasteiger charge is 2.04. The van der Waals surface area contributed by atoms with Gasteiger partial charge in [-0.3, -0.25) is 0 Å². The number of rotatable bonds is 6. The second-order valence-corrected chi connectivity index (χ2v) is 5.89. The van der Waals surface area contributed by atoms with E-state index in [-0.39, 0.29) is 0 Å². The van der Waals surface area contributed by atoms with Crippen molar-refractivity contribution in [3.05, 3.63) is 28.2 Å². The summed E-state index contributed by atoms with van der Waals surface area (Å²) in [5, 5.41) is 12.8. The van der Waals surface area contributed by atoms with E-state index in [9.17, 15) is 5.11 Å². The predicted molar refractivity (Wildman–Crippen MR) is 75.1 cm³/mol. The molecule has 1 unspecified atom stereocenters. The van der Waals surface area contributed by atoms with E-state index >= 15 is 0 Å². The van der Waals surface area contributed by atoms with Crippen molar-refractivity contribution in [2.45, 2.75) is 26.4 Å². The fraction of sp³-hybridized carbons (Fsp3) is 0.500. The fourth-order valence-corrected chi connectivity index (χ4v) is 2.43. The Morgan fingerprint density at radius 3 is 2.94 bits per heavy atom. The Morgan fingerprint density at radius 1 is 1.50 bits per heavy atom. The van der Waals surface area contributed by atoms with Gasteiger partial charge < -0.3 is 10.4 Å². The molecule has 1 aromatic rings. The lowest BCUT2D eigenvalue weighted by atomic mass is 10.2. The molecule has 0 aromatic heterocycles. The minimum Gasteiger partial charge on any atom is -0.508 e. The molecule has 0 amide bonds. The summed E-state index contributed by atoms with van der Waals surface area (Å²) >= 11 is 5.41. The SMILES string of the molecule is CCSCC(C)NCc1cc(O)ccc1Br. The van der Waals surface area contributed by atoms with Gasteiger partial charge in [-0.2, -0.15) is 11.8 Å². The number of nitrogens with one attached hydrogen (secondary N) is 1. The fourth-order valence-electron chi connectivity index (χ4n) is 1.33. The van der Waals surface area contributed by atoms with E-state index in [0.717, 1.165) is 28.1 Å². The van der Waals surface area contributed by atoms with E-state index < -0.39 is 0 Å². The van der Waals surface area contributed by atoms with Crippen LogP contribution in [-0.2, 0) is 6.54 Å². The van der Waals surface area contributed by atoms with Gasteiger partial charge in [0, 0.05) is 22.8 Å². The van der Waals surface area contributed by atoms with Crippen LogP contribution in [-0.4, -0.2) is 22.7 Å². The number of hydrogen-bond acceptors (Lipinski definition) is 3. The van der Waals surface area contributed by atoms with Crippen LogP contribution in [0.1, 0.15) is 19.4 Å². The number of thioether (sulfide) groups is 1. The molecule has 0 spiro atoms. The molecule has 1 aromatic carbocycles. The Morgan fingerprint density at radius 2 is 2.25 bits per heavy atom. The van der Waals surface area contributed by atoms with Gasteiger partial charge in [0.2, 0.25) is 0 Å². The summed E-state index contributed by atoms with van der Waals surface area (Å²) in [4.78, 5) is 0. The maximum atomic E-state index is 9.39. The highest BCUT2D eigenvalue weighted by Crippen LogP contribution is 2.21. The number of hydrogen-bond donors (Lipinski definition) is 2. The molecule has 0 aliphatic carbocycles. The molecule has 1 rings (SSSR count). The average molecular weight is 304 g/mol. The molecular weight excluding hydrogens is 286 g/mol. The van der Waals surface area contributed by atoms with Crippen LogP contribution < -0.4 is 5.32 Å². The number of halogens is 1. The zero-order chi connectivity index (χ0) is 12.0. The van der Waals surface area contributed by atoms with E-state index in [2.05, 4.69) is 35.1 Å². The molecule has 0 bridgehead atoms. The Labute approximate surface area is 110 Å². The van der Waals surface area contributed by atoms with Gasteiger partial charge in [-0.1, -0.05) is 22.9 Å². The van der Waals surface area contributed by atoms with E-state index in [4.69, 9.17) is 0 Å². The zero-order valence-electron chi connectivity index (χ0n) is 9.66. The Balaban J connectivity index is 2.44. The summed E-state index contributed by atoms with van der Waals surface area (Å²) in [7, 11) is 0. The largest absolute Gasteiger partial charge is 0.508 e. The van der Waals surface area contributed by atoms with Gasteiger partial charge in [0.15, 0.2) is 0 Å². The Hall–Kier alpha value is -0.190. The third-order valence-electron chi connectivity index (χ3n) is 2.24. The first-order chi connectivity index (χ1) is 7.63. The van der Waals surface area contributed by atoms with Gasteiger partial charge >= 0.3 is 0 Å². The molecule has 0 saturated heterocycles. The summed E-state index contributed by atoms with van der Waals surface area (Å²) < 4.78 is 1.04. The smallest absolute Gasteiger partial charge is 0.115 e. The first-order valence-electron chi connectivity index (χ1n) is 5.42. The molecule has 4 heteroatoms. The molecule has 2 nitrogen and oxygen atoms in total. The number of aromatic hydroxyl groups is 1. The van der Waals surface area contributed by atoms with Gasteiger partial charge in [0.25, 0.3) is 0 Å². The van der Waals surface area contributed by atoms with Crippen LogP contribution in [0.3, 0.4) is 0 Å². The summed E-state index contributed by atoms with van der Waals surface area (Å²) in [5.74, 6) is 2.59. The molecule has 90 valence electrons. The van der Waals surface area contributed by atoms with Crippen LogP contribution in [0.2, 0.25) is 0 Å². The lowest BCUT2D eigenvalue weighted by Gasteiger charge is -2.14. The van der Waals surface area contributed by atoms with Crippen molar-refractivity contribution in [1.29, 1.82) is 0 Å². The van der Waals surface area contributed by atoms with Gasteiger partial charge in [0.05, 0.1) is 0 Å². The monoisotopic (exact) mass is 303 g/mol. The van der Waals surface area contributed by atoms with Crippen LogP contribution in [0.15, 0.2) is 22.7 Å². The molecule has 0 aliphatic rings. The standard InChI is InChI=1S/C12H18BrNOS/c1-3-16-8-9(2)14-7-10-6-11(15)4-5-12(10)13/h4-6,9,14-15H,3,7-8H2,1-2H3. The second kappa shape index (κ2) is 7.20. The predicted octanol–water partition coefficient (Wildman–Crippen LogP) is 3.39. The van der Waals surface area contributed by atoms with E-state index in [0.29, 0.717) is 11.8 Å². The number of phenolic OH excluding ortho intramolecular Hbond substituents is 1. The highest BCUT2D eigenvalue weighted by atomic mass is 79.9. The average Bonchev–Trinajstić information content (AvgIpc) is 2.27. The van der Waals surface area contributed by atoms with Gasteiger partial charge in [-0.05, 0) is 36.4 Å². The van der Waals surface area contributed by atoms with Crippen molar-refractivity contribution in [1.82, 2.24) is 5.32 Å². The molecule has 0 aliphatic heterocycles. The van der Waals surface area contributed by atoms with Crippen LogP contribution in [0.5, 0.6) is 5.75 Å². The minimum atomic E-state index is 0.315. The summed E-state index contributed by atoms with van der Waals surface area (Å²) in [5.41, 5.74) is 1.09. The first kappa shape index (κ1) is 13.9. The lowest BCUT2D eigenvalue weighted by molar-refractivity contribution is 0.473. The Bertz CT molecular complexity index is 333. The van der Waals surface area contributed by atoms with E-state index in [1.807, 2.05) is 17.8 Å². The summed E-state index contributed by atoms with van der Waals surface area (Å²) in [6, 6.07) is 5.83. The van der Waals surface area contributed by atoms with Crippen LogP contribution in [0, 0.1) is 0 Å². The molecule has 1 atom stereocenters. The summed E-state index contributed by atoms with van der Waals surface area (Å²) in [6.07, 6.45) is 0. The topological polar surface area (TPSA) is 32.3 Å². The van der Waals surface area contributed by atoms with Gasteiger partial charge in [0.1, 0.15) is 5.75 Å². The minimum absolute atomic E-state index is 0.315. The molecule has 0 heterocycles. The molecular formula is C12H18BrNOS. The molecule has 0 saturated carbocycles. The normalized spacial score (nSPS) is 12.7. The zero-order valence-corrected chi connectivity index (χ0v) is 12.1. The van der Waals surface area contributed by atoms with Gasteiger partial charge in [-0.15, -0.1) is 0 Å². The third kappa shape index (κ3) is 4.76. The van der Waals surface area contributed by atoms with Crippen molar-refractivity contribution >= 4 is 27.7 Å². The quantitative estimate of drug-likeness (QED) is 0.845. The van der Waals surface area contributed by atoms with Crippen molar-refractivity contribution in [3.8, 4) is 5.75 Å². The van der Waals surface area contributed by atoms with Crippen LogP contribution >= 0.6 is 27.7 Å². The van der Waals surface area contributed by atoms with Crippen molar-refractivity contribution in [2.75, 3.05) is 11.5 Å². The van der Waals surface area contributed by atoms with E-state index in [1.54, 1.807) is 12.1 Å². The maximum Gasteiger partial charge on any atom is 0.115 e. The van der Waals surface area contributed by atoms with Crippen LogP contribution in [0.25, 0.3) is 0 Å². The summed E-state index contributed by atoms with van der Waals surface area (Å²) in [6.45, 7) is 5.13. The van der Waals surface area contributed by atoms with Crippen molar-refractivity contribution < 1.29 is 5.11 Å². The first-order valence-corrected chi connectivity index (χ1v) is 7.36. The number of benzene rings is 1. The molecule has 0 radical (unpaired) electrons.